The average Bonchev–Trinajstić information content (AvgIpc) is 3.09. The highest BCUT2D eigenvalue weighted by Gasteiger charge is 2.41. The van der Waals surface area contributed by atoms with Gasteiger partial charge in [0.05, 0.1) is 12.2 Å². The van der Waals surface area contributed by atoms with Gasteiger partial charge in [0.1, 0.15) is 35.9 Å². The summed E-state index contributed by atoms with van der Waals surface area (Å²) in [6.45, 7) is 3.18. The summed E-state index contributed by atoms with van der Waals surface area (Å²) in [6, 6.07) is 10.3. The Morgan fingerprint density at radius 1 is 1.14 bits per heavy atom. The fourth-order valence-electron chi connectivity index (χ4n) is 3.74. The number of aliphatic hydroxyl groups excluding tert-OH is 3. The number of carbonyl (C=O) groups excluding carboxylic acids is 1. The first-order valence-corrected chi connectivity index (χ1v) is 9.63. The molecule has 0 saturated heterocycles. The zero-order valence-electron chi connectivity index (χ0n) is 16.0. The summed E-state index contributed by atoms with van der Waals surface area (Å²) in [7, 11) is 0. The van der Waals surface area contributed by atoms with E-state index in [2.05, 4.69) is 0 Å². The number of furan rings is 1. The standard InChI is InChI=1S/C22H21ClO6/c1-22(2)15-8-12(28-10-17(26)16(25)9-24)4-6-13(15)20(27)19-14-5-3-11(23)7-18(14)29-21(19)22/h3-8,16-17,24-26H,9-10H2,1-2H3/t16-,17-/m1/s1. The van der Waals surface area contributed by atoms with E-state index < -0.39 is 24.2 Å². The third-order valence-electron chi connectivity index (χ3n) is 5.41. The van der Waals surface area contributed by atoms with Crippen molar-refractivity contribution in [2.45, 2.75) is 31.5 Å². The highest BCUT2D eigenvalue weighted by molar-refractivity contribution is 6.31. The van der Waals surface area contributed by atoms with Crippen LogP contribution in [0.2, 0.25) is 5.02 Å². The highest BCUT2D eigenvalue weighted by atomic mass is 35.5. The van der Waals surface area contributed by atoms with Crippen molar-refractivity contribution in [1.82, 2.24) is 0 Å². The van der Waals surface area contributed by atoms with Crippen LogP contribution in [0.1, 0.15) is 41.1 Å². The Balaban J connectivity index is 1.74. The fourth-order valence-corrected chi connectivity index (χ4v) is 3.90. The van der Waals surface area contributed by atoms with Gasteiger partial charge in [-0.25, -0.2) is 0 Å². The summed E-state index contributed by atoms with van der Waals surface area (Å²) in [6.07, 6.45) is -2.51. The zero-order chi connectivity index (χ0) is 20.9. The van der Waals surface area contributed by atoms with Crippen LogP contribution in [-0.4, -0.2) is 46.5 Å². The van der Waals surface area contributed by atoms with Gasteiger partial charge in [0.25, 0.3) is 0 Å². The molecule has 2 atom stereocenters. The lowest BCUT2D eigenvalue weighted by atomic mass is 9.72. The van der Waals surface area contributed by atoms with Gasteiger partial charge in [-0.3, -0.25) is 4.79 Å². The molecule has 0 spiro atoms. The molecule has 6 nitrogen and oxygen atoms in total. The molecular formula is C22H21ClO6. The van der Waals surface area contributed by atoms with Gasteiger partial charge in [-0.15, -0.1) is 0 Å². The van der Waals surface area contributed by atoms with E-state index in [9.17, 15) is 15.0 Å². The molecular weight excluding hydrogens is 396 g/mol. The molecule has 1 heterocycles. The van der Waals surface area contributed by atoms with Crippen molar-refractivity contribution in [3.05, 3.63) is 63.9 Å². The largest absolute Gasteiger partial charge is 0.491 e. The highest BCUT2D eigenvalue weighted by Crippen LogP contribution is 2.46. The van der Waals surface area contributed by atoms with Gasteiger partial charge in [0, 0.05) is 27.5 Å². The third kappa shape index (κ3) is 3.22. The second-order valence-corrected chi connectivity index (χ2v) is 8.17. The van der Waals surface area contributed by atoms with Gasteiger partial charge in [-0.2, -0.15) is 0 Å². The number of ether oxygens (including phenoxy) is 1. The summed E-state index contributed by atoms with van der Waals surface area (Å²) in [4.78, 5) is 13.2. The molecule has 4 rings (SSSR count). The normalized spacial score (nSPS) is 17.0. The van der Waals surface area contributed by atoms with Crippen molar-refractivity contribution in [1.29, 1.82) is 0 Å². The summed E-state index contributed by atoms with van der Waals surface area (Å²) in [5, 5.41) is 29.4. The van der Waals surface area contributed by atoms with E-state index in [-0.39, 0.29) is 12.4 Å². The van der Waals surface area contributed by atoms with Crippen LogP contribution in [-0.2, 0) is 5.41 Å². The second kappa shape index (κ2) is 7.15. The van der Waals surface area contributed by atoms with E-state index in [0.717, 1.165) is 10.9 Å². The molecule has 1 aliphatic rings. The first kappa shape index (κ1) is 19.9. The van der Waals surface area contributed by atoms with E-state index in [4.69, 9.17) is 25.9 Å². The summed E-state index contributed by atoms with van der Waals surface area (Å²) < 4.78 is 11.6. The third-order valence-corrected chi connectivity index (χ3v) is 5.64. The predicted octanol–water partition coefficient (Wildman–Crippen LogP) is 3.05. The van der Waals surface area contributed by atoms with Gasteiger partial charge < -0.3 is 24.5 Å². The first-order valence-electron chi connectivity index (χ1n) is 9.25. The Morgan fingerprint density at radius 3 is 2.62 bits per heavy atom. The lowest BCUT2D eigenvalue weighted by molar-refractivity contribution is -0.0339. The van der Waals surface area contributed by atoms with Crippen LogP contribution in [0.3, 0.4) is 0 Å². The summed E-state index contributed by atoms with van der Waals surface area (Å²) in [5.74, 6) is 0.884. The number of fused-ring (bicyclic) bond motifs is 4. The number of benzene rings is 2. The van der Waals surface area contributed by atoms with E-state index in [0.29, 0.717) is 33.2 Å². The smallest absolute Gasteiger partial charge is 0.197 e. The predicted molar refractivity (Wildman–Crippen MR) is 108 cm³/mol. The summed E-state index contributed by atoms with van der Waals surface area (Å²) >= 11 is 6.08. The molecule has 0 unspecified atom stereocenters. The SMILES string of the molecule is CC1(C)c2cc(OC[C@@H](O)[C@H](O)CO)ccc2C(=O)c2c1oc1cc(Cl)ccc21. The molecule has 0 saturated carbocycles. The minimum absolute atomic E-state index is 0.127. The lowest BCUT2D eigenvalue weighted by Crippen LogP contribution is -2.34. The number of carbonyl (C=O) groups is 1. The Hall–Kier alpha value is -2.38. The summed E-state index contributed by atoms with van der Waals surface area (Å²) in [5.41, 5.74) is 1.81. The van der Waals surface area contributed by atoms with Crippen molar-refractivity contribution in [2.75, 3.05) is 13.2 Å². The minimum Gasteiger partial charge on any atom is -0.491 e. The Bertz CT molecular complexity index is 1100. The molecule has 7 heteroatoms. The molecule has 29 heavy (non-hydrogen) atoms. The molecule has 3 aromatic rings. The van der Waals surface area contributed by atoms with E-state index in [1.165, 1.54) is 0 Å². The molecule has 1 aromatic heterocycles. The van der Waals surface area contributed by atoms with Crippen LogP contribution >= 0.6 is 11.6 Å². The second-order valence-electron chi connectivity index (χ2n) is 7.74. The molecule has 0 fully saturated rings. The molecule has 0 radical (unpaired) electrons. The maximum absolute atomic E-state index is 13.2. The monoisotopic (exact) mass is 416 g/mol. The van der Waals surface area contributed by atoms with Crippen LogP contribution in [0, 0.1) is 0 Å². The molecule has 0 bridgehead atoms. The molecule has 0 amide bonds. The van der Waals surface area contributed by atoms with Crippen LogP contribution in [0.25, 0.3) is 11.0 Å². The van der Waals surface area contributed by atoms with Crippen molar-refractivity contribution < 1.29 is 29.3 Å². The lowest BCUT2D eigenvalue weighted by Gasteiger charge is -2.31. The van der Waals surface area contributed by atoms with E-state index in [1.807, 2.05) is 13.8 Å². The van der Waals surface area contributed by atoms with Crippen LogP contribution in [0.4, 0.5) is 0 Å². The first-order chi connectivity index (χ1) is 13.7. The van der Waals surface area contributed by atoms with E-state index in [1.54, 1.807) is 36.4 Å². The number of hydrogen-bond acceptors (Lipinski definition) is 6. The van der Waals surface area contributed by atoms with Crippen molar-refractivity contribution in [3.63, 3.8) is 0 Å². The quantitative estimate of drug-likeness (QED) is 0.591. The average molecular weight is 417 g/mol. The van der Waals surface area contributed by atoms with Crippen LogP contribution in [0.5, 0.6) is 5.75 Å². The molecule has 3 N–H and O–H groups in total. The Kier molecular flexibility index (Phi) is 4.91. The number of aliphatic hydroxyl groups is 3. The number of ketones is 1. The van der Waals surface area contributed by atoms with E-state index >= 15 is 0 Å². The van der Waals surface area contributed by atoms with Gasteiger partial charge >= 0.3 is 0 Å². The minimum atomic E-state index is -1.28. The van der Waals surface area contributed by atoms with Gasteiger partial charge in [0.2, 0.25) is 0 Å². The molecule has 2 aromatic carbocycles. The Morgan fingerprint density at radius 2 is 1.90 bits per heavy atom. The van der Waals surface area contributed by atoms with Gasteiger partial charge in [-0.1, -0.05) is 11.6 Å². The molecule has 0 aliphatic heterocycles. The molecule has 1 aliphatic carbocycles. The fraction of sp³-hybridized carbons (Fsp3) is 0.318. The van der Waals surface area contributed by atoms with Gasteiger partial charge in [-0.05, 0) is 49.7 Å². The van der Waals surface area contributed by atoms with Crippen molar-refractivity contribution in [2.24, 2.45) is 0 Å². The number of hydrogen-bond donors (Lipinski definition) is 3. The molecule has 152 valence electrons. The maximum atomic E-state index is 13.2. The van der Waals surface area contributed by atoms with Crippen molar-refractivity contribution >= 4 is 28.4 Å². The maximum Gasteiger partial charge on any atom is 0.197 e. The van der Waals surface area contributed by atoms with Gasteiger partial charge in [0.15, 0.2) is 5.78 Å². The van der Waals surface area contributed by atoms with Crippen molar-refractivity contribution in [3.8, 4) is 5.75 Å². The van der Waals surface area contributed by atoms with Crippen LogP contribution in [0.15, 0.2) is 40.8 Å². The topological polar surface area (TPSA) is 100 Å². The number of halogens is 1. The Labute approximate surface area is 172 Å². The number of rotatable bonds is 5. The van der Waals surface area contributed by atoms with Crippen LogP contribution < -0.4 is 4.74 Å². The zero-order valence-corrected chi connectivity index (χ0v) is 16.7.